The third-order valence-corrected chi connectivity index (χ3v) is 4.07. The maximum Gasteiger partial charge on any atom is 0.174 e. The number of aromatic nitrogens is 1. The van der Waals surface area contributed by atoms with E-state index in [0.29, 0.717) is 5.56 Å². The van der Waals surface area contributed by atoms with Gasteiger partial charge in [-0.05, 0) is 30.3 Å². The Morgan fingerprint density at radius 3 is 2.81 bits per heavy atom. The number of nitrogens with zero attached hydrogens (tertiary/aromatic N) is 1. The molecule has 104 valence electrons. The lowest BCUT2D eigenvalue weighted by Crippen LogP contribution is -2.03. The molecule has 0 bridgehead atoms. The zero-order valence-corrected chi connectivity index (χ0v) is 11.9. The highest BCUT2D eigenvalue weighted by Gasteiger charge is 2.08. The number of thioether (sulfide) groups is 1. The molecule has 0 saturated heterocycles. The molecule has 21 heavy (non-hydrogen) atoms. The number of rotatable bonds is 4. The van der Waals surface area contributed by atoms with Gasteiger partial charge in [0, 0.05) is 22.0 Å². The number of carbonyl (C=O) groups excluding carboxylic acids is 1. The zero-order chi connectivity index (χ0) is 14.7. The van der Waals surface area contributed by atoms with Crippen LogP contribution in [0.5, 0.6) is 0 Å². The Morgan fingerprint density at radius 1 is 1.10 bits per heavy atom. The molecule has 3 rings (SSSR count). The van der Waals surface area contributed by atoms with Gasteiger partial charge in [0.2, 0.25) is 0 Å². The summed E-state index contributed by atoms with van der Waals surface area (Å²) in [6, 6.07) is 15.8. The van der Waals surface area contributed by atoms with E-state index in [9.17, 15) is 9.18 Å². The molecule has 1 aromatic heterocycles. The van der Waals surface area contributed by atoms with Gasteiger partial charge in [-0.15, -0.1) is 11.8 Å². The summed E-state index contributed by atoms with van der Waals surface area (Å²) < 4.78 is 13.1. The van der Waals surface area contributed by atoms with Crippen LogP contribution in [-0.2, 0) is 0 Å². The number of benzene rings is 2. The highest BCUT2D eigenvalue weighted by molar-refractivity contribution is 8.00. The minimum atomic E-state index is -0.292. The molecule has 2 nitrogen and oxygen atoms in total. The fourth-order valence-electron chi connectivity index (χ4n) is 2.01. The molecule has 0 atom stereocenters. The van der Waals surface area contributed by atoms with E-state index in [1.165, 1.54) is 23.9 Å². The summed E-state index contributed by atoms with van der Waals surface area (Å²) in [5.41, 5.74) is 1.45. The number of hydrogen-bond acceptors (Lipinski definition) is 3. The summed E-state index contributed by atoms with van der Waals surface area (Å²) >= 11 is 1.33. The van der Waals surface area contributed by atoms with Gasteiger partial charge in [-0.2, -0.15) is 0 Å². The lowest BCUT2D eigenvalue weighted by molar-refractivity contribution is 0.102. The Kier molecular flexibility index (Phi) is 3.97. The molecule has 0 radical (unpaired) electrons. The minimum Gasteiger partial charge on any atom is -0.293 e. The molecule has 0 fully saturated rings. The number of pyridine rings is 1. The first kappa shape index (κ1) is 13.8. The van der Waals surface area contributed by atoms with Crippen LogP contribution in [0.1, 0.15) is 10.4 Å². The first-order valence-electron chi connectivity index (χ1n) is 6.49. The van der Waals surface area contributed by atoms with E-state index >= 15 is 0 Å². The summed E-state index contributed by atoms with van der Waals surface area (Å²) in [6.45, 7) is 0. The van der Waals surface area contributed by atoms with E-state index in [-0.39, 0.29) is 17.4 Å². The molecule has 0 unspecified atom stereocenters. The largest absolute Gasteiger partial charge is 0.293 e. The number of hydrogen-bond donors (Lipinski definition) is 0. The Bertz CT molecular complexity index is 803. The van der Waals surface area contributed by atoms with Gasteiger partial charge in [-0.3, -0.25) is 9.78 Å². The van der Waals surface area contributed by atoms with Crippen LogP contribution >= 0.6 is 11.8 Å². The molecule has 0 spiro atoms. The SMILES string of the molecule is O=C(CSc1cccc(F)c1)c1cnc2ccccc2c1. The zero-order valence-electron chi connectivity index (χ0n) is 11.1. The number of halogens is 1. The van der Waals surface area contributed by atoms with Gasteiger partial charge in [0.1, 0.15) is 5.82 Å². The van der Waals surface area contributed by atoms with Gasteiger partial charge in [-0.1, -0.05) is 24.3 Å². The monoisotopic (exact) mass is 297 g/mol. The van der Waals surface area contributed by atoms with E-state index < -0.39 is 0 Å². The molecule has 1 heterocycles. The van der Waals surface area contributed by atoms with Crippen molar-refractivity contribution in [2.24, 2.45) is 0 Å². The smallest absolute Gasteiger partial charge is 0.174 e. The van der Waals surface area contributed by atoms with Gasteiger partial charge in [0.15, 0.2) is 5.78 Å². The lowest BCUT2D eigenvalue weighted by Gasteiger charge is -2.03. The highest BCUT2D eigenvalue weighted by atomic mass is 32.2. The van der Waals surface area contributed by atoms with E-state index in [2.05, 4.69) is 4.98 Å². The standard InChI is InChI=1S/C17H12FNOS/c18-14-5-3-6-15(9-14)21-11-17(20)13-8-12-4-1-2-7-16(12)19-10-13/h1-10H,11H2. The van der Waals surface area contributed by atoms with Crippen molar-refractivity contribution in [1.82, 2.24) is 4.98 Å². The van der Waals surface area contributed by atoms with Gasteiger partial charge < -0.3 is 0 Å². The minimum absolute atomic E-state index is 0.0116. The Balaban J connectivity index is 1.74. The number of fused-ring (bicyclic) bond motifs is 1. The van der Waals surface area contributed by atoms with Crippen molar-refractivity contribution in [2.45, 2.75) is 4.90 Å². The van der Waals surface area contributed by atoms with Gasteiger partial charge >= 0.3 is 0 Å². The van der Waals surface area contributed by atoms with Crippen molar-refractivity contribution in [2.75, 3.05) is 5.75 Å². The van der Waals surface area contributed by atoms with Crippen LogP contribution in [0.25, 0.3) is 10.9 Å². The molecule has 0 amide bonds. The summed E-state index contributed by atoms with van der Waals surface area (Å²) in [7, 11) is 0. The fourth-order valence-corrected chi connectivity index (χ4v) is 2.85. The van der Waals surface area contributed by atoms with Crippen molar-refractivity contribution in [1.29, 1.82) is 0 Å². The van der Waals surface area contributed by atoms with Crippen LogP contribution in [-0.4, -0.2) is 16.5 Å². The van der Waals surface area contributed by atoms with Gasteiger partial charge in [-0.25, -0.2) is 4.39 Å². The lowest BCUT2D eigenvalue weighted by atomic mass is 10.1. The molecule has 0 saturated carbocycles. The molecule has 0 aliphatic rings. The Morgan fingerprint density at radius 2 is 1.95 bits per heavy atom. The third-order valence-electron chi connectivity index (χ3n) is 3.08. The second kappa shape index (κ2) is 6.06. The molecule has 3 aromatic rings. The van der Waals surface area contributed by atoms with Crippen LogP contribution in [0.3, 0.4) is 0 Å². The van der Waals surface area contributed by atoms with Gasteiger partial charge in [0.05, 0.1) is 11.3 Å². The molecule has 4 heteroatoms. The predicted molar refractivity (Wildman–Crippen MR) is 83.2 cm³/mol. The van der Waals surface area contributed by atoms with Crippen molar-refractivity contribution >= 4 is 28.4 Å². The normalized spacial score (nSPS) is 10.7. The molecule has 0 N–H and O–H groups in total. The first-order chi connectivity index (χ1) is 10.2. The summed E-state index contributed by atoms with van der Waals surface area (Å²) in [4.78, 5) is 17.2. The van der Waals surface area contributed by atoms with Crippen LogP contribution in [0.15, 0.2) is 65.7 Å². The van der Waals surface area contributed by atoms with Crippen LogP contribution in [0.2, 0.25) is 0 Å². The third kappa shape index (κ3) is 3.28. The second-order valence-electron chi connectivity index (χ2n) is 4.59. The highest BCUT2D eigenvalue weighted by Crippen LogP contribution is 2.21. The van der Waals surface area contributed by atoms with E-state index in [1.54, 1.807) is 18.3 Å². The topological polar surface area (TPSA) is 30.0 Å². The number of carbonyl (C=O) groups is 1. The number of ketones is 1. The molecular weight excluding hydrogens is 285 g/mol. The van der Waals surface area contributed by atoms with Crippen molar-refractivity contribution in [3.63, 3.8) is 0 Å². The van der Waals surface area contributed by atoms with Crippen molar-refractivity contribution in [3.05, 3.63) is 72.2 Å². The average molecular weight is 297 g/mol. The maximum atomic E-state index is 13.1. The van der Waals surface area contributed by atoms with E-state index in [1.807, 2.05) is 30.3 Å². The fraction of sp³-hybridized carbons (Fsp3) is 0.0588. The average Bonchev–Trinajstić information content (AvgIpc) is 2.52. The van der Waals surface area contributed by atoms with Crippen molar-refractivity contribution in [3.8, 4) is 0 Å². The molecule has 0 aliphatic heterocycles. The molecule has 0 aliphatic carbocycles. The summed E-state index contributed by atoms with van der Waals surface area (Å²) in [6.07, 6.45) is 1.59. The van der Waals surface area contributed by atoms with Crippen LogP contribution in [0, 0.1) is 5.82 Å². The number of para-hydroxylation sites is 1. The van der Waals surface area contributed by atoms with Crippen LogP contribution < -0.4 is 0 Å². The van der Waals surface area contributed by atoms with Crippen molar-refractivity contribution < 1.29 is 9.18 Å². The maximum absolute atomic E-state index is 13.1. The number of Topliss-reactive ketones (excluding diaryl/α,β-unsaturated/α-hetero) is 1. The summed E-state index contributed by atoms with van der Waals surface area (Å²) in [5, 5.41) is 0.944. The van der Waals surface area contributed by atoms with Gasteiger partial charge in [0.25, 0.3) is 0 Å². The second-order valence-corrected chi connectivity index (χ2v) is 5.63. The molecular formula is C17H12FNOS. The Hall–Kier alpha value is -2.20. The van der Waals surface area contributed by atoms with E-state index in [4.69, 9.17) is 0 Å². The first-order valence-corrected chi connectivity index (χ1v) is 7.47. The quantitative estimate of drug-likeness (QED) is 0.530. The predicted octanol–water partition coefficient (Wildman–Crippen LogP) is 4.35. The van der Waals surface area contributed by atoms with E-state index in [0.717, 1.165) is 15.8 Å². The van der Waals surface area contributed by atoms with Crippen LogP contribution in [0.4, 0.5) is 4.39 Å². The Labute approximate surface area is 126 Å². The summed E-state index contributed by atoms with van der Waals surface area (Å²) in [5.74, 6) is -0.0361. The molecule has 2 aromatic carbocycles.